The van der Waals surface area contributed by atoms with E-state index in [0.29, 0.717) is 0 Å². The van der Waals surface area contributed by atoms with Gasteiger partial charge in [0.1, 0.15) is 5.01 Å². The van der Waals surface area contributed by atoms with Crippen molar-refractivity contribution in [3.63, 3.8) is 0 Å². The van der Waals surface area contributed by atoms with Crippen LogP contribution in [0, 0.1) is 10.1 Å². The van der Waals surface area contributed by atoms with E-state index >= 15 is 0 Å². The van der Waals surface area contributed by atoms with Crippen LogP contribution in [0.2, 0.25) is 0 Å². The van der Waals surface area contributed by atoms with E-state index in [1.54, 1.807) is 13.1 Å². The Morgan fingerprint density at radius 2 is 1.90 bits per heavy atom. The SMILES string of the molecule is C[C@H](c1nc2ccccc2s1)N(C)C(=O)COC(=O)Cc1ccccc1[N+](=O)[O-]. The van der Waals surface area contributed by atoms with Crippen molar-refractivity contribution < 1.29 is 19.2 Å². The summed E-state index contributed by atoms with van der Waals surface area (Å²) in [7, 11) is 1.62. The molecule has 0 aliphatic heterocycles. The predicted molar refractivity (Wildman–Crippen MR) is 109 cm³/mol. The molecule has 0 aliphatic carbocycles. The molecule has 1 aromatic heterocycles. The maximum absolute atomic E-state index is 12.4. The van der Waals surface area contributed by atoms with Crippen LogP contribution in [-0.4, -0.2) is 40.3 Å². The largest absolute Gasteiger partial charge is 0.455 e. The zero-order valence-electron chi connectivity index (χ0n) is 15.9. The van der Waals surface area contributed by atoms with Gasteiger partial charge in [0.25, 0.3) is 11.6 Å². The second kappa shape index (κ2) is 8.78. The number of nitro benzene ring substituents is 1. The molecule has 8 nitrogen and oxygen atoms in total. The molecule has 1 amide bonds. The fraction of sp³-hybridized carbons (Fsp3) is 0.250. The molecule has 0 saturated heterocycles. The molecule has 29 heavy (non-hydrogen) atoms. The number of benzene rings is 2. The molecule has 0 aliphatic rings. The summed E-state index contributed by atoms with van der Waals surface area (Å²) >= 11 is 1.50. The lowest BCUT2D eigenvalue weighted by molar-refractivity contribution is -0.385. The van der Waals surface area contributed by atoms with E-state index in [1.807, 2.05) is 31.2 Å². The Morgan fingerprint density at radius 3 is 2.62 bits per heavy atom. The monoisotopic (exact) mass is 413 g/mol. The molecular weight excluding hydrogens is 394 g/mol. The van der Waals surface area contributed by atoms with Crippen LogP contribution in [0.25, 0.3) is 10.2 Å². The first-order valence-electron chi connectivity index (χ1n) is 8.86. The van der Waals surface area contributed by atoms with E-state index < -0.39 is 17.5 Å². The fourth-order valence-corrected chi connectivity index (χ4v) is 3.80. The van der Waals surface area contributed by atoms with Crippen molar-refractivity contribution in [3.05, 3.63) is 69.2 Å². The minimum Gasteiger partial charge on any atom is -0.455 e. The number of thiazole rings is 1. The van der Waals surface area contributed by atoms with Gasteiger partial charge < -0.3 is 9.64 Å². The number of likely N-dealkylation sites (N-methyl/N-ethyl adjacent to an activating group) is 1. The van der Waals surface area contributed by atoms with Gasteiger partial charge in [0.05, 0.1) is 27.6 Å². The molecule has 0 bridgehead atoms. The van der Waals surface area contributed by atoms with E-state index in [-0.39, 0.29) is 29.6 Å². The van der Waals surface area contributed by atoms with Crippen LogP contribution in [-0.2, 0) is 20.7 Å². The summed E-state index contributed by atoms with van der Waals surface area (Å²) in [5.41, 5.74) is 0.958. The van der Waals surface area contributed by atoms with Gasteiger partial charge in [-0.05, 0) is 19.1 Å². The first-order chi connectivity index (χ1) is 13.9. The average Bonchev–Trinajstić information content (AvgIpc) is 3.15. The van der Waals surface area contributed by atoms with Crippen LogP contribution < -0.4 is 0 Å². The Bertz CT molecular complexity index is 1030. The average molecular weight is 413 g/mol. The Kier molecular flexibility index (Phi) is 6.18. The molecule has 9 heteroatoms. The molecule has 0 N–H and O–H groups in total. The molecule has 2 aromatic carbocycles. The van der Waals surface area contributed by atoms with E-state index in [0.717, 1.165) is 15.2 Å². The molecule has 0 fully saturated rings. The second-order valence-corrected chi connectivity index (χ2v) is 7.49. The third-order valence-corrected chi connectivity index (χ3v) is 5.73. The maximum Gasteiger partial charge on any atom is 0.311 e. The lowest BCUT2D eigenvalue weighted by Crippen LogP contribution is -2.33. The number of ether oxygens (including phenoxy) is 1. The van der Waals surface area contributed by atoms with E-state index in [4.69, 9.17) is 4.74 Å². The molecule has 0 saturated carbocycles. The number of rotatable bonds is 7. The van der Waals surface area contributed by atoms with Gasteiger partial charge in [-0.2, -0.15) is 0 Å². The van der Waals surface area contributed by atoms with Crippen LogP contribution in [0.1, 0.15) is 23.5 Å². The molecule has 3 rings (SSSR count). The van der Waals surface area contributed by atoms with Gasteiger partial charge in [0.15, 0.2) is 6.61 Å². The highest BCUT2D eigenvalue weighted by molar-refractivity contribution is 7.18. The van der Waals surface area contributed by atoms with Gasteiger partial charge in [-0.3, -0.25) is 19.7 Å². The van der Waals surface area contributed by atoms with Crippen molar-refractivity contribution in [1.29, 1.82) is 0 Å². The second-order valence-electron chi connectivity index (χ2n) is 6.42. The van der Waals surface area contributed by atoms with Gasteiger partial charge in [-0.1, -0.05) is 30.3 Å². The maximum atomic E-state index is 12.4. The van der Waals surface area contributed by atoms with E-state index in [1.165, 1.54) is 34.4 Å². The van der Waals surface area contributed by atoms with Gasteiger partial charge >= 0.3 is 5.97 Å². The van der Waals surface area contributed by atoms with Crippen LogP contribution in [0.4, 0.5) is 5.69 Å². The van der Waals surface area contributed by atoms with Crippen LogP contribution in [0.5, 0.6) is 0 Å². The Morgan fingerprint density at radius 1 is 1.21 bits per heavy atom. The molecule has 150 valence electrons. The number of hydrogen-bond acceptors (Lipinski definition) is 7. The summed E-state index contributed by atoms with van der Waals surface area (Å²) in [4.78, 5) is 40.9. The summed E-state index contributed by atoms with van der Waals surface area (Å²) < 4.78 is 6.07. The summed E-state index contributed by atoms with van der Waals surface area (Å²) in [6.45, 7) is 1.41. The zero-order valence-corrected chi connectivity index (χ0v) is 16.7. The molecule has 0 radical (unpaired) electrons. The highest BCUT2D eigenvalue weighted by Gasteiger charge is 2.22. The number of nitro groups is 1. The summed E-state index contributed by atoms with van der Waals surface area (Å²) in [6.07, 6.45) is -0.276. The molecular formula is C20H19N3O5S. The van der Waals surface area contributed by atoms with Crippen molar-refractivity contribution in [2.75, 3.05) is 13.7 Å². The first kappa shape index (κ1) is 20.4. The van der Waals surface area contributed by atoms with Crippen molar-refractivity contribution in [2.45, 2.75) is 19.4 Å². The van der Waals surface area contributed by atoms with Crippen LogP contribution in [0.15, 0.2) is 48.5 Å². The number of esters is 1. The number of carbonyl (C=O) groups is 2. The number of fused-ring (bicyclic) bond motifs is 1. The van der Waals surface area contributed by atoms with E-state index in [9.17, 15) is 19.7 Å². The highest BCUT2D eigenvalue weighted by atomic mass is 32.1. The topological polar surface area (TPSA) is 103 Å². The van der Waals surface area contributed by atoms with E-state index in [2.05, 4.69) is 4.98 Å². The number of nitrogens with zero attached hydrogens (tertiary/aromatic N) is 3. The number of carbonyl (C=O) groups excluding carboxylic acids is 2. The Hall–Kier alpha value is -3.33. The number of hydrogen-bond donors (Lipinski definition) is 0. The zero-order chi connectivity index (χ0) is 21.0. The van der Waals surface area contributed by atoms with Crippen LogP contribution >= 0.6 is 11.3 Å². The molecule has 1 heterocycles. The third-order valence-electron chi connectivity index (χ3n) is 4.52. The normalized spacial score (nSPS) is 11.8. The smallest absolute Gasteiger partial charge is 0.311 e. The molecule has 3 aromatic rings. The number of amides is 1. The van der Waals surface area contributed by atoms with Gasteiger partial charge in [0, 0.05) is 18.7 Å². The Balaban J connectivity index is 1.58. The lowest BCUT2D eigenvalue weighted by atomic mass is 10.1. The molecule has 1 atom stereocenters. The van der Waals surface area contributed by atoms with Crippen molar-refractivity contribution >= 4 is 39.1 Å². The van der Waals surface area contributed by atoms with Crippen molar-refractivity contribution in [1.82, 2.24) is 9.88 Å². The van der Waals surface area contributed by atoms with Gasteiger partial charge in [-0.25, -0.2) is 4.98 Å². The molecule has 0 spiro atoms. The third kappa shape index (κ3) is 4.75. The Labute approximate surface area is 170 Å². The van der Waals surface area contributed by atoms with Crippen molar-refractivity contribution in [3.8, 4) is 0 Å². The number of para-hydroxylation sites is 2. The fourth-order valence-electron chi connectivity index (χ4n) is 2.74. The van der Waals surface area contributed by atoms with Crippen molar-refractivity contribution in [2.24, 2.45) is 0 Å². The minimum atomic E-state index is -0.700. The minimum absolute atomic E-state index is 0.155. The number of aromatic nitrogens is 1. The standard InChI is InChI=1S/C20H19N3O5S/c1-13(20-21-15-8-4-6-10-17(15)29-20)22(2)18(24)12-28-19(25)11-14-7-3-5-9-16(14)23(26)27/h3-10,13H,11-12H2,1-2H3/t13-/m1/s1. The summed E-state index contributed by atoms with van der Waals surface area (Å²) in [5, 5.41) is 11.8. The quantitative estimate of drug-likeness (QED) is 0.334. The summed E-state index contributed by atoms with van der Waals surface area (Å²) in [5.74, 6) is -1.08. The van der Waals surface area contributed by atoms with Gasteiger partial charge in [-0.15, -0.1) is 11.3 Å². The highest BCUT2D eigenvalue weighted by Crippen LogP contribution is 2.28. The predicted octanol–water partition coefficient (Wildman–Crippen LogP) is 3.51. The summed E-state index contributed by atoms with van der Waals surface area (Å²) in [6, 6.07) is 13.4. The first-order valence-corrected chi connectivity index (χ1v) is 9.67. The lowest BCUT2D eigenvalue weighted by Gasteiger charge is -2.23. The molecule has 0 unspecified atom stereocenters. The van der Waals surface area contributed by atoms with Crippen LogP contribution in [0.3, 0.4) is 0 Å². The van der Waals surface area contributed by atoms with Gasteiger partial charge in [0.2, 0.25) is 0 Å².